The second-order valence-corrected chi connectivity index (χ2v) is 3.17. The van der Waals surface area contributed by atoms with E-state index in [9.17, 15) is 9.59 Å². The molecular weight excluding hydrogens is 200 g/mol. The molecule has 0 radical (unpaired) electrons. The molecule has 0 aliphatic heterocycles. The van der Waals surface area contributed by atoms with E-state index in [2.05, 4.69) is 10.5 Å². The lowest BCUT2D eigenvalue weighted by Crippen LogP contribution is -2.43. The maximum Gasteiger partial charge on any atom is 0.321 e. The molecule has 0 saturated heterocycles. The second-order valence-electron chi connectivity index (χ2n) is 3.17. The van der Waals surface area contributed by atoms with E-state index in [-0.39, 0.29) is 0 Å². The van der Waals surface area contributed by atoms with E-state index in [1.807, 2.05) is 5.32 Å². The number of nitrogens with zero attached hydrogens (tertiary/aromatic N) is 2. The molecular formula is C8H10N4O3. The zero-order chi connectivity index (χ0) is 11.3. The quantitative estimate of drug-likeness (QED) is 0.333. The maximum atomic E-state index is 11.0. The summed E-state index contributed by atoms with van der Waals surface area (Å²) < 4.78 is 0. The van der Waals surface area contributed by atoms with Crippen molar-refractivity contribution in [3.8, 4) is 6.07 Å². The smallest absolute Gasteiger partial charge is 0.321 e. The molecule has 80 valence electrons. The first-order valence-corrected chi connectivity index (χ1v) is 4.38. The van der Waals surface area contributed by atoms with Crippen LogP contribution in [0.2, 0.25) is 0 Å². The van der Waals surface area contributed by atoms with Gasteiger partial charge in [-0.05, 0) is 18.8 Å². The molecule has 1 fully saturated rings. The van der Waals surface area contributed by atoms with Gasteiger partial charge in [-0.2, -0.15) is 5.26 Å². The lowest BCUT2D eigenvalue weighted by molar-refractivity contribution is -0.113. The third-order valence-corrected chi connectivity index (χ3v) is 1.90. The summed E-state index contributed by atoms with van der Waals surface area (Å²) in [5.74, 6) is -0.527. The maximum absolute atomic E-state index is 11.0. The Morgan fingerprint density at radius 2 is 2.20 bits per heavy atom. The monoisotopic (exact) mass is 210 g/mol. The lowest BCUT2D eigenvalue weighted by Gasteiger charge is -2.03. The molecule has 0 bridgehead atoms. The van der Waals surface area contributed by atoms with Crippen molar-refractivity contribution in [3.05, 3.63) is 0 Å². The Balaban J connectivity index is 2.30. The minimum absolute atomic E-state index is 0.493. The number of amides is 3. The molecule has 7 heteroatoms. The third-order valence-electron chi connectivity index (χ3n) is 1.90. The SMILES string of the molecule is N#C/C(=N/O)C(=O)NC(=O)NCC1CC1. The van der Waals surface area contributed by atoms with Gasteiger partial charge >= 0.3 is 6.03 Å². The highest BCUT2D eigenvalue weighted by Gasteiger charge is 2.22. The molecule has 3 amide bonds. The highest BCUT2D eigenvalue weighted by atomic mass is 16.4. The van der Waals surface area contributed by atoms with Gasteiger partial charge in [-0.3, -0.25) is 10.1 Å². The zero-order valence-corrected chi connectivity index (χ0v) is 7.86. The van der Waals surface area contributed by atoms with Crippen molar-refractivity contribution in [3.63, 3.8) is 0 Å². The van der Waals surface area contributed by atoms with Gasteiger partial charge in [0.25, 0.3) is 5.91 Å². The first kappa shape index (κ1) is 11.0. The van der Waals surface area contributed by atoms with Gasteiger partial charge in [-0.25, -0.2) is 4.79 Å². The first-order valence-electron chi connectivity index (χ1n) is 4.38. The minimum Gasteiger partial charge on any atom is -0.410 e. The molecule has 0 heterocycles. The number of imide groups is 1. The number of oxime groups is 1. The van der Waals surface area contributed by atoms with Gasteiger partial charge in [0.15, 0.2) is 0 Å². The minimum atomic E-state index is -1.02. The van der Waals surface area contributed by atoms with Gasteiger partial charge in [0.05, 0.1) is 0 Å². The van der Waals surface area contributed by atoms with Gasteiger partial charge in [0, 0.05) is 6.54 Å². The Labute approximate surface area is 85.7 Å². The van der Waals surface area contributed by atoms with Crippen LogP contribution in [-0.4, -0.2) is 29.4 Å². The van der Waals surface area contributed by atoms with Crippen LogP contribution in [0, 0.1) is 17.2 Å². The van der Waals surface area contributed by atoms with Gasteiger partial charge in [0.1, 0.15) is 6.07 Å². The highest BCUT2D eigenvalue weighted by Crippen LogP contribution is 2.27. The fourth-order valence-corrected chi connectivity index (χ4v) is 0.884. The Morgan fingerprint density at radius 3 is 2.67 bits per heavy atom. The van der Waals surface area contributed by atoms with Crippen molar-refractivity contribution in [2.75, 3.05) is 6.54 Å². The normalized spacial score (nSPS) is 15.3. The molecule has 1 aliphatic carbocycles. The predicted molar refractivity (Wildman–Crippen MR) is 49.1 cm³/mol. The van der Waals surface area contributed by atoms with Crippen molar-refractivity contribution in [2.45, 2.75) is 12.8 Å². The van der Waals surface area contributed by atoms with E-state index >= 15 is 0 Å². The van der Waals surface area contributed by atoms with Crippen LogP contribution in [0.25, 0.3) is 0 Å². The van der Waals surface area contributed by atoms with Gasteiger partial charge in [-0.15, -0.1) is 0 Å². The predicted octanol–water partition coefficient (Wildman–Crippen LogP) is -0.424. The van der Waals surface area contributed by atoms with Crippen LogP contribution in [0.5, 0.6) is 0 Å². The first-order chi connectivity index (χ1) is 7.17. The average molecular weight is 210 g/mol. The Kier molecular flexibility index (Phi) is 3.62. The number of hydrogen-bond donors (Lipinski definition) is 3. The largest absolute Gasteiger partial charge is 0.410 e. The number of hydrogen-bond acceptors (Lipinski definition) is 5. The number of nitrogens with one attached hydrogen (secondary N) is 2. The number of rotatable bonds is 3. The van der Waals surface area contributed by atoms with Crippen LogP contribution < -0.4 is 10.6 Å². The molecule has 0 unspecified atom stereocenters. The van der Waals surface area contributed by atoms with Crippen LogP contribution in [0.3, 0.4) is 0 Å². The van der Waals surface area contributed by atoms with Crippen molar-refractivity contribution < 1.29 is 14.8 Å². The molecule has 15 heavy (non-hydrogen) atoms. The fraction of sp³-hybridized carbons (Fsp3) is 0.500. The van der Waals surface area contributed by atoms with E-state index in [1.165, 1.54) is 6.07 Å². The number of carbonyl (C=O) groups is 2. The van der Waals surface area contributed by atoms with Gasteiger partial charge in [-0.1, -0.05) is 5.16 Å². The summed E-state index contributed by atoms with van der Waals surface area (Å²) in [5.41, 5.74) is -0.753. The van der Waals surface area contributed by atoms with Crippen molar-refractivity contribution in [2.24, 2.45) is 11.1 Å². The number of urea groups is 1. The van der Waals surface area contributed by atoms with E-state index in [1.54, 1.807) is 0 Å². The fourth-order valence-electron chi connectivity index (χ4n) is 0.884. The summed E-state index contributed by atoms with van der Waals surface area (Å²) in [6, 6.07) is 0.651. The molecule has 0 atom stereocenters. The van der Waals surface area contributed by atoms with Crippen molar-refractivity contribution in [1.82, 2.24) is 10.6 Å². The Hall–Kier alpha value is -2.10. The van der Waals surface area contributed by atoms with E-state index in [0.717, 1.165) is 12.8 Å². The zero-order valence-electron chi connectivity index (χ0n) is 7.86. The summed E-state index contributed by atoms with van der Waals surface area (Å²) in [7, 11) is 0. The van der Waals surface area contributed by atoms with Crippen molar-refractivity contribution in [1.29, 1.82) is 5.26 Å². The summed E-state index contributed by atoms with van der Waals surface area (Å²) in [6.07, 6.45) is 2.16. The van der Waals surface area contributed by atoms with E-state index in [4.69, 9.17) is 10.5 Å². The molecule has 0 aromatic carbocycles. The second kappa shape index (κ2) is 4.95. The van der Waals surface area contributed by atoms with Crippen LogP contribution >= 0.6 is 0 Å². The summed E-state index contributed by atoms with van der Waals surface area (Å²) in [4.78, 5) is 22.0. The number of nitriles is 1. The molecule has 1 aliphatic rings. The molecule has 0 spiro atoms. The van der Waals surface area contributed by atoms with Crippen LogP contribution in [-0.2, 0) is 4.79 Å². The van der Waals surface area contributed by atoms with Crippen LogP contribution in [0.15, 0.2) is 5.16 Å². The molecule has 0 aromatic rings. The third kappa shape index (κ3) is 3.64. The Morgan fingerprint density at radius 1 is 1.53 bits per heavy atom. The van der Waals surface area contributed by atoms with E-state index in [0.29, 0.717) is 12.5 Å². The van der Waals surface area contributed by atoms with Gasteiger partial charge in [0.2, 0.25) is 5.71 Å². The summed E-state index contributed by atoms with van der Waals surface area (Å²) >= 11 is 0. The van der Waals surface area contributed by atoms with Crippen LogP contribution in [0.4, 0.5) is 4.79 Å². The standard InChI is InChI=1S/C8H10N4O3/c9-3-6(12-15)7(13)11-8(14)10-4-5-1-2-5/h5,15H,1-2,4H2,(H2,10,11,13,14)/b12-6-. The molecule has 7 nitrogen and oxygen atoms in total. The molecule has 1 saturated carbocycles. The van der Waals surface area contributed by atoms with Crippen molar-refractivity contribution >= 4 is 17.6 Å². The number of carbonyl (C=O) groups excluding carboxylic acids is 2. The lowest BCUT2D eigenvalue weighted by atomic mass is 10.4. The molecule has 3 N–H and O–H groups in total. The van der Waals surface area contributed by atoms with E-state index < -0.39 is 17.6 Å². The molecule has 0 aromatic heterocycles. The van der Waals surface area contributed by atoms with Gasteiger partial charge < -0.3 is 10.5 Å². The van der Waals surface area contributed by atoms with Crippen LogP contribution in [0.1, 0.15) is 12.8 Å². The topological polar surface area (TPSA) is 115 Å². The Bertz CT molecular complexity index is 340. The highest BCUT2D eigenvalue weighted by molar-refractivity contribution is 6.46. The average Bonchev–Trinajstić information content (AvgIpc) is 3.00. The molecule has 1 rings (SSSR count). The summed E-state index contributed by atoms with van der Waals surface area (Å²) in [5, 5.41) is 23.3. The summed E-state index contributed by atoms with van der Waals surface area (Å²) in [6.45, 7) is 0.511.